The molecule has 4 aromatic rings. The molecule has 4 aromatic carbocycles. The number of carbonyl (C=O) groups excluding carboxylic acids is 1. The standard InChI is InChI=1S/C37H37ClF3N3O2/c1-42-21-23-44(24-22-42)36(45)30-16-18-32(19-17-30)46-25-9-20-43(26-31-14-8-15-34(35(31)38)37(39,40)41)27-33(28-10-4-2-5-11-28)29-12-6-3-7-13-29/h2-8,10-19,21,23,33H,9,20,22,24-27H2,1H3. The number of hydrogen-bond donors (Lipinski definition) is 0. The molecule has 0 radical (unpaired) electrons. The molecule has 0 fully saturated rings. The predicted molar refractivity (Wildman–Crippen MR) is 176 cm³/mol. The summed E-state index contributed by atoms with van der Waals surface area (Å²) in [5.74, 6) is 0.573. The number of benzene rings is 4. The summed E-state index contributed by atoms with van der Waals surface area (Å²) in [7, 11) is 1.97. The molecule has 1 heterocycles. The van der Waals surface area contributed by atoms with Crippen molar-refractivity contribution in [1.29, 1.82) is 0 Å². The van der Waals surface area contributed by atoms with Crippen LogP contribution in [0.5, 0.6) is 5.75 Å². The van der Waals surface area contributed by atoms with Gasteiger partial charge in [-0.25, -0.2) is 0 Å². The second kappa shape index (κ2) is 15.3. The van der Waals surface area contributed by atoms with E-state index in [9.17, 15) is 18.0 Å². The fraction of sp³-hybridized carbons (Fsp3) is 0.270. The molecule has 5 nitrogen and oxygen atoms in total. The van der Waals surface area contributed by atoms with Gasteiger partial charge in [-0.3, -0.25) is 9.69 Å². The Hall–Kier alpha value is -4.27. The van der Waals surface area contributed by atoms with Crippen molar-refractivity contribution in [3.8, 4) is 5.75 Å². The van der Waals surface area contributed by atoms with Gasteiger partial charge in [-0.05, 0) is 53.4 Å². The molecule has 0 saturated heterocycles. The lowest BCUT2D eigenvalue weighted by Gasteiger charge is -2.29. The summed E-state index contributed by atoms with van der Waals surface area (Å²) in [5, 5.41) is -0.270. The molecule has 1 aliphatic rings. The second-order valence-electron chi connectivity index (χ2n) is 11.4. The molecule has 0 aromatic heterocycles. The van der Waals surface area contributed by atoms with E-state index in [1.54, 1.807) is 41.4 Å². The molecule has 5 rings (SSSR count). The fourth-order valence-electron chi connectivity index (χ4n) is 5.54. The van der Waals surface area contributed by atoms with E-state index in [1.807, 2.05) is 54.5 Å². The number of likely N-dealkylation sites (N-methyl/N-ethyl adjacent to an activating group) is 1. The third kappa shape index (κ3) is 8.71. The molecule has 0 spiro atoms. The Balaban J connectivity index is 1.28. The lowest BCUT2D eigenvalue weighted by Crippen LogP contribution is -2.36. The maximum absolute atomic E-state index is 13.7. The van der Waals surface area contributed by atoms with Crippen molar-refractivity contribution in [2.75, 3.05) is 39.8 Å². The molecule has 0 unspecified atom stereocenters. The Morgan fingerprint density at radius 2 is 1.52 bits per heavy atom. The monoisotopic (exact) mass is 647 g/mol. The first kappa shape index (κ1) is 33.1. The van der Waals surface area contributed by atoms with Crippen LogP contribution in [0.3, 0.4) is 0 Å². The first-order chi connectivity index (χ1) is 22.2. The highest BCUT2D eigenvalue weighted by Gasteiger charge is 2.34. The Kier molecular flexibility index (Phi) is 11.0. The Morgan fingerprint density at radius 1 is 0.870 bits per heavy atom. The molecule has 0 atom stereocenters. The molecule has 0 bridgehead atoms. The Labute approximate surface area is 273 Å². The minimum absolute atomic E-state index is 0.00637. The van der Waals surface area contributed by atoms with Crippen LogP contribution in [0.25, 0.3) is 0 Å². The van der Waals surface area contributed by atoms with Crippen molar-refractivity contribution in [2.24, 2.45) is 0 Å². The van der Waals surface area contributed by atoms with Gasteiger partial charge < -0.3 is 14.5 Å². The van der Waals surface area contributed by atoms with Gasteiger partial charge in [-0.2, -0.15) is 13.2 Å². The maximum atomic E-state index is 13.7. The summed E-state index contributed by atoms with van der Waals surface area (Å²) in [5.41, 5.74) is 2.41. The van der Waals surface area contributed by atoms with Crippen LogP contribution in [-0.4, -0.2) is 60.4 Å². The first-order valence-corrected chi connectivity index (χ1v) is 15.7. The van der Waals surface area contributed by atoms with Gasteiger partial charge in [0.15, 0.2) is 0 Å². The Bertz CT molecular complexity index is 1560. The Morgan fingerprint density at radius 3 is 2.11 bits per heavy atom. The molecule has 0 aliphatic carbocycles. The van der Waals surface area contributed by atoms with Gasteiger partial charge in [0, 0.05) is 63.7 Å². The van der Waals surface area contributed by atoms with Crippen molar-refractivity contribution >= 4 is 17.5 Å². The number of ether oxygens (including phenoxy) is 1. The summed E-state index contributed by atoms with van der Waals surface area (Å²) in [6.07, 6.45) is -0.247. The largest absolute Gasteiger partial charge is 0.494 e. The summed E-state index contributed by atoms with van der Waals surface area (Å²) in [6.45, 7) is 3.17. The number of alkyl halides is 3. The highest BCUT2D eigenvalue weighted by atomic mass is 35.5. The zero-order valence-electron chi connectivity index (χ0n) is 25.7. The van der Waals surface area contributed by atoms with Crippen molar-refractivity contribution in [2.45, 2.75) is 25.1 Å². The highest BCUT2D eigenvalue weighted by Crippen LogP contribution is 2.37. The van der Waals surface area contributed by atoms with Gasteiger partial charge in [-0.15, -0.1) is 0 Å². The molecule has 46 heavy (non-hydrogen) atoms. The molecule has 0 N–H and O–H groups in total. The van der Waals surface area contributed by atoms with E-state index < -0.39 is 11.7 Å². The van der Waals surface area contributed by atoms with Crippen LogP contribution in [0, 0.1) is 0 Å². The fourth-order valence-corrected chi connectivity index (χ4v) is 5.84. The molecule has 0 saturated carbocycles. The lowest BCUT2D eigenvalue weighted by atomic mass is 9.90. The molecular formula is C37H37ClF3N3O2. The van der Waals surface area contributed by atoms with E-state index in [0.29, 0.717) is 49.5 Å². The number of amides is 1. The van der Waals surface area contributed by atoms with Crippen molar-refractivity contribution < 1.29 is 22.7 Å². The SMILES string of the molecule is CN1C=CN(C(=O)c2ccc(OCCCN(Cc3cccc(C(F)(F)F)c3Cl)CC(c3ccccc3)c3ccccc3)cc2)CC1. The quantitative estimate of drug-likeness (QED) is 0.145. The van der Waals surface area contributed by atoms with E-state index >= 15 is 0 Å². The van der Waals surface area contributed by atoms with Crippen molar-refractivity contribution in [1.82, 2.24) is 14.7 Å². The third-order valence-electron chi connectivity index (χ3n) is 8.07. The predicted octanol–water partition coefficient (Wildman–Crippen LogP) is 8.32. The van der Waals surface area contributed by atoms with E-state index in [1.165, 1.54) is 6.07 Å². The van der Waals surface area contributed by atoms with Gasteiger partial charge >= 0.3 is 6.18 Å². The first-order valence-electron chi connectivity index (χ1n) is 15.3. The van der Waals surface area contributed by atoms with E-state index in [4.69, 9.17) is 16.3 Å². The molecule has 1 amide bonds. The van der Waals surface area contributed by atoms with Gasteiger partial charge in [-0.1, -0.05) is 84.4 Å². The normalized spacial score (nSPS) is 13.5. The summed E-state index contributed by atoms with van der Waals surface area (Å²) in [6, 6.07) is 31.4. The minimum Gasteiger partial charge on any atom is -0.494 e. The minimum atomic E-state index is -4.54. The average Bonchev–Trinajstić information content (AvgIpc) is 3.07. The van der Waals surface area contributed by atoms with Crippen LogP contribution in [-0.2, 0) is 12.7 Å². The van der Waals surface area contributed by atoms with E-state index in [2.05, 4.69) is 29.2 Å². The zero-order valence-corrected chi connectivity index (χ0v) is 26.4. The summed E-state index contributed by atoms with van der Waals surface area (Å²) < 4.78 is 47.0. The smallest absolute Gasteiger partial charge is 0.417 e. The highest BCUT2D eigenvalue weighted by molar-refractivity contribution is 6.32. The van der Waals surface area contributed by atoms with Crippen LogP contribution < -0.4 is 4.74 Å². The topological polar surface area (TPSA) is 36.0 Å². The summed E-state index contributed by atoms with van der Waals surface area (Å²) in [4.78, 5) is 18.7. The van der Waals surface area contributed by atoms with Crippen LogP contribution in [0.2, 0.25) is 5.02 Å². The molecule has 9 heteroatoms. The van der Waals surface area contributed by atoms with E-state index in [0.717, 1.165) is 23.7 Å². The van der Waals surface area contributed by atoms with Crippen molar-refractivity contribution in [3.05, 3.63) is 148 Å². The van der Waals surface area contributed by atoms with Gasteiger partial charge in [0.1, 0.15) is 5.75 Å². The maximum Gasteiger partial charge on any atom is 0.417 e. The number of carbonyl (C=O) groups is 1. The van der Waals surface area contributed by atoms with Crippen LogP contribution in [0.1, 0.15) is 45.0 Å². The number of hydrogen-bond acceptors (Lipinski definition) is 4. The average molecular weight is 648 g/mol. The second-order valence-corrected chi connectivity index (χ2v) is 11.8. The zero-order chi connectivity index (χ0) is 32.5. The molecular weight excluding hydrogens is 611 g/mol. The number of nitrogens with zero attached hydrogens (tertiary/aromatic N) is 3. The number of halogens is 4. The van der Waals surface area contributed by atoms with Crippen molar-refractivity contribution in [3.63, 3.8) is 0 Å². The van der Waals surface area contributed by atoms with Gasteiger partial charge in [0.2, 0.25) is 0 Å². The molecule has 1 aliphatic heterocycles. The van der Waals surface area contributed by atoms with Gasteiger partial charge in [0.05, 0.1) is 17.2 Å². The van der Waals surface area contributed by atoms with Gasteiger partial charge in [0.25, 0.3) is 5.91 Å². The lowest BCUT2D eigenvalue weighted by molar-refractivity contribution is -0.137. The van der Waals surface area contributed by atoms with E-state index in [-0.39, 0.29) is 23.4 Å². The van der Waals surface area contributed by atoms with Crippen LogP contribution in [0.4, 0.5) is 13.2 Å². The van der Waals surface area contributed by atoms with Crippen LogP contribution >= 0.6 is 11.6 Å². The third-order valence-corrected chi connectivity index (χ3v) is 8.51. The summed E-state index contributed by atoms with van der Waals surface area (Å²) >= 11 is 6.34. The number of rotatable bonds is 12. The molecule has 240 valence electrons. The van der Waals surface area contributed by atoms with Crippen LogP contribution in [0.15, 0.2) is 116 Å².